The van der Waals surface area contributed by atoms with E-state index < -0.39 is 0 Å². The predicted octanol–water partition coefficient (Wildman–Crippen LogP) is 3.76. The number of pyridine rings is 1. The molecule has 1 atom stereocenters. The molecule has 1 unspecified atom stereocenters. The number of likely N-dealkylation sites (N-methyl/N-ethyl adjacent to an activating group) is 1. The third-order valence-corrected chi connectivity index (χ3v) is 6.73. The van der Waals surface area contributed by atoms with Crippen LogP contribution in [0.1, 0.15) is 27.8 Å². The molecule has 160 valence electrons. The fourth-order valence-electron chi connectivity index (χ4n) is 3.36. The number of aromatic nitrogens is 1. The second-order valence-electron chi connectivity index (χ2n) is 7.44. The van der Waals surface area contributed by atoms with Crippen molar-refractivity contribution in [1.29, 1.82) is 0 Å². The van der Waals surface area contributed by atoms with Gasteiger partial charge in [0.1, 0.15) is 5.82 Å². The molecule has 0 spiro atoms. The molecule has 1 N–H and O–H groups in total. The van der Waals surface area contributed by atoms with Crippen molar-refractivity contribution in [1.82, 2.24) is 14.9 Å². The van der Waals surface area contributed by atoms with Gasteiger partial charge in [-0.2, -0.15) is 5.10 Å². The molecule has 0 radical (unpaired) electrons. The van der Waals surface area contributed by atoms with Crippen molar-refractivity contribution < 1.29 is 9.59 Å². The summed E-state index contributed by atoms with van der Waals surface area (Å²) in [6, 6.07) is 11.6. The van der Waals surface area contributed by atoms with Gasteiger partial charge in [0.2, 0.25) is 5.91 Å². The van der Waals surface area contributed by atoms with E-state index in [2.05, 4.69) is 15.4 Å². The molecular formula is C22H23N5O2S2. The number of amides is 2. The molecule has 2 amide bonds. The third-order valence-electron chi connectivity index (χ3n) is 4.84. The standard InChI is InChI=1S/C22H23N5O2S2/c1-15-7-8-20(23-12-15)24-21(28)13-26(2)14-22(29)27-17(19-6-4-10-31-19)11-16(25-27)18-5-3-9-30-18/h3-10,12,17H,11,13-14H2,1-2H3,(H,23,24,28). The molecule has 9 heteroatoms. The minimum Gasteiger partial charge on any atom is -0.310 e. The van der Waals surface area contributed by atoms with Gasteiger partial charge in [0.05, 0.1) is 29.7 Å². The van der Waals surface area contributed by atoms with Crippen LogP contribution in [-0.2, 0) is 9.59 Å². The molecule has 4 heterocycles. The second-order valence-corrected chi connectivity index (χ2v) is 9.37. The predicted molar refractivity (Wildman–Crippen MR) is 124 cm³/mol. The molecule has 0 aliphatic carbocycles. The second kappa shape index (κ2) is 9.51. The Bertz CT molecular complexity index is 1060. The smallest absolute Gasteiger partial charge is 0.257 e. The van der Waals surface area contributed by atoms with Gasteiger partial charge in [-0.3, -0.25) is 14.5 Å². The van der Waals surface area contributed by atoms with E-state index >= 15 is 0 Å². The van der Waals surface area contributed by atoms with E-state index in [0.29, 0.717) is 12.2 Å². The Balaban J connectivity index is 1.40. The van der Waals surface area contributed by atoms with Crippen LogP contribution < -0.4 is 5.32 Å². The van der Waals surface area contributed by atoms with Crippen LogP contribution in [0, 0.1) is 6.92 Å². The van der Waals surface area contributed by atoms with E-state index in [9.17, 15) is 9.59 Å². The van der Waals surface area contributed by atoms with Crippen LogP contribution in [0.25, 0.3) is 0 Å². The molecule has 0 saturated heterocycles. The molecule has 7 nitrogen and oxygen atoms in total. The van der Waals surface area contributed by atoms with Crippen LogP contribution in [0.4, 0.5) is 5.82 Å². The Morgan fingerprint density at radius 1 is 1.16 bits per heavy atom. The van der Waals surface area contributed by atoms with Gasteiger partial charge in [-0.15, -0.1) is 22.7 Å². The highest BCUT2D eigenvalue weighted by Crippen LogP contribution is 2.35. The number of hydrogen-bond donors (Lipinski definition) is 1. The number of anilines is 1. The van der Waals surface area contributed by atoms with Crippen LogP contribution in [0.5, 0.6) is 0 Å². The van der Waals surface area contributed by atoms with Gasteiger partial charge in [0, 0.05) is 17.5 Å². The number of thiophene rings is 2. The number of hydrazone groups is 1. The first-order chi connectivity index (χ1) is 15.0. The van der Waals surface area contributed by atoms with E-state index in [-0.39, 0.29) is 30.9 Å². The summed E-state index contributed by atoms with van der Waals surface area (Å²) in [6.45, 7) is 2.12. The van der Waals surface area contributed by atoms with E-state index in [1.165, 1.54) is 0 Å². The van der Waals surface area contributed by atoms with Crippen molar-refractivity contribution >= 4 is 46.0 Å². The van der Waals surface area contributed by atoms with Gasteiger partial charge in [-0.05, 0) is 48.5 Å². The highest BCUT2D eigenvalue weighted by atomic mass is 32.1. The number of nitrogens with zero attached hydrogens (tertiary/aromatic N) is 4. The number of aryl methyl sites for hydroxylation is 1. The lowest BCUT2D eigenvalue weighted by atomic mass is 10.1. The number of rotatable bonds is 7. The van der Waals surface area contributed by atoms with Gasteiger partial charge in [-0.1, -0.05) is 18.2 Å². The zero-order valence-corrected chi connectivity index (χ0v) is 18.9. The Morgan fingerprint density at radius 3 is 2.65 bits per heavy atom. The topological polar surface area (TPSA) is 77.9 Å². The summed E-state index contributed by atoms with van der Waals surface area (Å²) in [4.78, 5) is 33.5. The van der Waals surface area contributed by atoms with Crippen LogP contribution in [0.3, 0.4) is 0 Å². The Kier molecular flexibility index (Phi) is 6.55. The monoisotopic (exact) mass is 453 g/mol. The fourth-order valence-corrected chi connectivity index (χ4v) is 4.90. The lowest BCUT2D eigenvalue weighted by molar-refractivity contribution is -0.134. The lowest BCUT2D eigenvalue weighted by Crippen LogP contribution is -2.39. The number of hydrogen-bond acceptors (Lipinski definition) is 7. The first kappa shape index (κ1) is 21.4. The maximum atomic E-state index is 13.1. The zero-order chi connectivity index (χ0) is 21.8. The third kappa shape index (κ3) is 5.25. The highest BCUT2D eigenvalue weighted by Gasteiger charge is 2.34. The number of nitrogens with one attached hydrogen (secondary N) is 1. The van der Waals surface area contributed by atoms with Gasteiger partial charge < -0.3 is 5.32 Å². The first-order valence-corrected chi connectivity index (χ1v) is 11.6. The molecule has 0 saturated carbocycles. The zero-order valence-electron chi connectivity index (χ0n) is 17.3. The lowest BCUT2D eigenvalue weighted by Gasteiger charge is -2.23. The largest absolute Gasteiger partial charge is 0.310 e. The van der Waals surface area contributed by atoms with Crippen LogP contribution in [0.15, 0.2) is 58.5 Å². The number of carbonyl (C=O) groups is 2. The summed E-state index contributed by atoms with van der Waals surface area (Å²) < 4.78 is 0. The maximum absolute atomic E-state index is 13.1. The van der Waals surface area contributed by atoms with Crippen molar-refractivity contribution in [2.45, 2.75) is 19.4 Å². The average Bonchev–Trinajstić information content (AvgIpc) is 3.49. The van der Waals surface area contributed by atoms with E-state index in [1.54, 1.807) is 51.9 Å². The van der Waals surface area contributed by atoms with E-state index in [0.717, 1.165) is 21.0 Å². The average molecular weight is 454 g/mol. The van der Waals surface area contributed by atoms with Crippen molar-refractivity contribution in [2.75, 3.05) is 25.5 Å². The SMILES string of the molecule is Cc1ccc(NC(=O)CN(C)CC(=O)N2N=C(c3cccs3)CC2c2cccs2)nc1. The van der Waals surface area contributed by atoms with Crippen LogP contribution in [-0.4, -0.2) is 52.6 Å². The van der Waals surface area contributed by atoms with Crippen LogP contribution >= 0.6 is 22.7 Å². The summed E-state index contributed by atoms with van der Waals surface area (Å²) >= 11 is 3.25. The van der Waals surface area contributed by atoms with Crippen molar-refractivity contribution in [3.05, 3.63) is 68.7 Å². The van der Waals surface area contributed by atoms with Gasteiger partial charge in [0.25, 0.3) is 5.91 Å². The summed E-state index contributed by atoms with van der Waals surface area (Å²) in [6.07, 6.45) is 2.39. The minimum atomic E-state index is -0.217. The van der Waals surface area contributed by atoms with Gasteiger partial charge in [0.15, 0.2) is 0 Å². The molecule has 4 rings (SSSR count). The van der Waals surface area contributed by atoms with E-state index in [1.807, 2.05) is 48.0 Å². The molecule has 0 fully saturated rings. The van der Waals surface area contributed by atoms with Crippen molar-refractivity contribution in [2.24, 2.45) is 5.10 Å². The Morgan fingerprint density at radius 2 is 1.97 bits per heavy atom. The van der Waals surface area contributed by atoms with Crippen LogP contribution in [0.2, 0.25) is 0 Å². The highest BCUT2D eigenvalue weighted by molar-refractivity contribution is 7.12. The first-order valence-electron chi connectivity index (χ1n) is 9.87. The molecule has 0 bridgehead atoms. The number of carbonyl (C=O) groups excluding carboxylic acids is 2. The summed E-state index contributed by atoms with van der Waals surface area (Å²) in [5, 5.41) is 13.0. The molecule has 3 aromatic rings. The molecule has 1 aliphatic heterocycles. The Hall–Kier alpha value is -2.88. The maximum Gasteiger partial charge on any atom is 0.257 e. The van der Waals surface area contributed by atoms with Crippen molar-refractivity contribution in [3.63, 3.8) is 0 Å². The van der Waals surface area contributed by atoms with Gasteiger partial charge >= 0.3 is 0 Å². The quantitative estimate of drug-likeness (QED) is 0.591. The fraction of sp³-hybridized carbons (Fsp3) is 0.273. The summed E-state index contributed by atoms with van der Waals surface area (Å²) in [7, 11) is 1.75. The van der Waals surface area contributed by atoms with E-state index in [4.69, 9.17) is 0 Å². The summed E-state index contributed by atoms with van der Waals surface area (Å²) in [5.74, 6) is 0.150. The molecule has 1 aliphatic rings. The summed E-state index contributed by atoms with van der Waals surface area (Å²) in [5.41, 5.74) is 1.95. The normalized spacial score (nSPS) is 15.9. The molecular weight excluding hydrogens is 430 g/mol. The molecule has 31 heavy (non-hydrogen) atoms. The van der Waals surface area contributed by atoms with Gasteiger partial charge in [-0.25, -0.2) is 9.99 Å². The Labute approximate surface area is 189 Å². The molecule has 3 aromatic heterocycles. The van der Waals surface area contributed by atoms with Crippen molar-refractivity contribution in [3.8, 4) is 0 Å². The molecule has 0 aromatic carbocycles. The minimum absolute atomic E-state index is 0.0836.